The molecule has 12 N–H and O–H groups in total. The summed E-state index contributed by atoms with van der Waals surface area (Å²) in [5, 5.41) is 42.3. The number of nitrogen functional groups attached to an aromatic ring is 1. The molecule has 2 aromatic carbocycles. The second-order valence-corrected chi connectivity index (χ2v) is 10.1. The molecular formula is C26H39N5O6. The lowest BCUT2D eigenvalue weighted by Crippen LogP contribution is -2.67. The third-order valence-electron chi connectivity index (χ3n) is 7.18. The Morgan fingerprint density at radius 3 is 2.19 bits per heavy atom. The van der Waals surface area contributed by atoms with Gasteiger partial charge >= 0.3 is 0 Å². The molecule has 1 saturated heterocycles. The highest BCUT2D eigenvalue weighted by Crippen LogP contribution is 2.28. The van der Waals surface area contributed by atoms with Gasteiger partial charge < -0.3 is 52.8 Å². The molecule has 0 unspecified atom stereocenters. The van der Waals surface area contributed by atoms with E-state index in [-0.39, 0.29) is 13.0 Å². The highest BCUT2D eigenvalue weighted by Gasteiger charge is 2.48. The number of hydrogen-bond donors (Lipinski definition) is 8. The van der Waals surface area contributed by atoms with E-state index in [1.165, 1.54) is 0 Å². The SMILES string of the molecule is Nc1cccc(CN(Cc2ccccc2)C[C@H]2O[C@H](O[C@H]3[C@H](O)[C@@H](O)[C@H](N)C[C@@H]3N)[C@H](N)[C@@H](O)[C@@H]2O)c1. The Labute approximate surface area is 216 Å². The zero-order valence-corrected chi connectivity index (χ0v) is 20.7. The Kier molecular flexibility index (Phi) is 9.14. The van der Waals surface area contributed by atoms with Crippen LogP contribution in [0, 0.1) is 0 Å². The summed E-state index contributed by atoms with van der Waals surface area (Å²) in [7, 11) is 0. The summed E-state index contributed by atoms with van der Waals surface area (Å²) in [5.74, 6) is 0. The molecule has 204 valence electrons. The first-order valence-electron chi connectivity index (χ1n) is 12.5. The molecule has 0 spiro atoms. The molecule has 0 aromatic heterocycles. The van der Waals surface area contributed by atoms with E-state index in [2.05, 4.69) is 4.90 Å². The molecular weight excluding hydrogens is 478 g/mol. The molecule has 2 aromatic rings. The van der Waals surface area contributed by atoms with Crippen molar-refractivity contribution in [1.29, 1.82) is 0 Å². The van der Waals surface area contributed by atoms with Crippen LogP contribution in [0.5, 0.6) is 0 Å². The van der Waals surface area contributed by atoms with Crippen molar-refractivity contribution in [2.75, 3.05) is 12.3 Å². The second kappa shape index (κ2) is 12.1. The van der Waals surface area contributed by atoms with E-state index in [1.807, 2.05) is 54.6 Å². The average Bonchev–Trinajstić information content (AvgIpc) is 2.87. The molecule has 10 atom stereocenters. The van der Waals surface area contributed by atoms with E-state index in [1.54, 1.807) is 0 Å². The van der Waals surface area contributed by atoms with E-state index in [0.29, 0.717) is 18.8 Å². The Hall–Kier alpha value is -2.16. The number of anilines is 1. The molecule has 1 saturated carbocycles. The van der Waals surface area contributed by atoms with Gasteiger partial charge in [-0.1, -0.05) is 42.5 Å². The summed E-state index contributed by atoms with van der Waals surface area (Å²) < 4.78 is 12.0. The largest absolute Gasteiger partial charge is 0.399 e. The summed E-state index contributed by atoms with van der Waals surface area (Å²) in [6.07, 6.45) is -8.04. The van der Waals surface area contributed by atoms with Crippen molar-refractivity contribution in [1.82, 2.24) is 4.90 Å². The van der Waals surface area contributed by atoms with Crippen LogP contribution < -0.4 is 22.9 Å². The van der Waals surface area contributed by atoms with E-state index >= 15 is 0 Å². The number of aliphatic hydroxyl groups is 4. The molecule has 1 aliphatic carbocycles. The standard InChI is InChI=1S/C26H39N5O6/c27-16-8-4-7-15(9-16)12-31(11-14-5-2-1-3-6-14)13-19-22(33)23(34)20(30)26(36-19)37-25-18(29)10-17(28)21(32)24(25)35/h1-9,17-26,32-35H,10-13,27-30H2/t17-,18+,19-,20-,21+,22-,23-,24-,25-,26-/m1/s1. The molecule has 0 bridgehead atoms. The number of nitrogens with zero attached hydrogens (tertiary/aromatic N) is 1. The number of aliphatic hydroxyl groups excluding tert-OH is 4. The van der Waals surface area contributed by atoms with Crippen molar-refractivity contribution in [3.8, 4) is 0 Å². The van der Waals surface area contributed by atoms with Gasteiger partial charge in [0.1, 0.15) is 30.5 Å². The fourth-order valence-electron chi connectivity index (χ4n) is 5.08. The summed E-state index contributed by atoms with van der Waals surface area (Å²) in [6, 6.07) is 14.9. The predicted octanol–water partition coefficient (Wildman–Crippen LogP) is -1.79. The average molecular weight is 518 g/mol. The van der Waals surface area contributed by atoms with Crippen LogP contribution in [-0.2, 0) is 22.6 Å². The molecule has 2 aliphatic rings. The Bertz CT molecular complexity index is 1000. The Morgan fingerprint density at radius 2 is 1.49 bits per heavy atom. The van der Waals surface area contributed by atoms with Gasteiger partial charge in [0.15, 0.2) is 6.29 Å². The monoisotopic (exact) mass is 517 g/mol. The summed E-state index contributed by atoms with van der Waals surface area (Å²) in [5.41, 5.74) is 26.8. The van der Waals surface area contributed by atoms with Crippen LogP contribution in [0.3, 0.4) is 0 Å². The van der Waals surface area contributed by atoms with Crippen LogP contribution in [0.4, 0.5) is 5.69 Å². The lowest BCUT2D eigenvalue weighted by atomic mass is 9.84. The van der Waals surface area contributed by atoms with Crippen LogP contribution in [0.2, 0.25) is 0 Å². The lowest BCUT2D eigenvalue weighted by Gasteiger charge is -2.46. The van der Waals surface area contributed by atoms with Gasteiger partial charge in [0.25, 0.3) is 0 Å². The van der Waals surface area contributed by atoms with Crippen LogP contribution in [0.15, 0.2) is 54.6 Å². The quantitative estimate of drug-likeness (QED) is 0.183. The normalized spacial score (nSPS) is 36.5. The van der Waals surface area contributed by atoms with Crippen molar-refractivity contribution in [3.05, 3.63) is 65.7 Å². The molecule has 4 rings (SSSR count). The molecule has 1 aliphatic heterocycles. The molecule has 0 radical (unpaired) electrons. The van der Waals surface area contributed by atoms with E-state index in [4.69, 9.17) is 32.4 Å². The van der Waals surface area contributed by atoms with Crippen molar-refractivity contribution >= 4 is 5.69 Å². The van der Waals surface area contributed by atoms with Gasteiger partial charge in [-0.15, -0.1) is 0 Å². The fraction of sp³-hybridized carbons (Fsp3) is 0.538. The van der Waals surface area contributed by atoms with Crippen molar-refractivity contribution in [2.24, 2.45) is 17.2 Å². The van der Waals surface area contributed by atoms with Gasteiger partial charge in [-0.2, -0.15) is 0 Å². The van der Waals surface area contributed by atoms with Crippen molar-refractivity contribution in [3.63, 3.8) is 0 Å². The van der Waals surface area contributed by atoms with Crippen LogP contribution in [0.25, 0.3) is 0 Å². The van der Waals surface area contributed by atoms with E-state index in [0.717, 1.165) is 11.1 Å². The summed E-state index contributed by atoms with van der Waals surface area (Å²) in [6.45, 7) is 1.30. The topological polar surface area (TPSA) is 207 Å². The van der Waals surface area contributed by atoms with Gasteiger partial charge in [0.2, 0.25) is 0 Å². The first-order valence-corrected chi connectivity index (χ1v) is 12.5. The minimum absolute atomic E-state index is 0.227. The first-order chi connectivity index (χ1) is 17.6. The number of ether oxygens (including phenoxy) is 2. The number of nitrogens with two attached hydrogens (primary N) is 4. The van der Waals surface area contributed by atoms with Crippen LogP contribution >= 0.6 is 0 Å². The number of hydrogen-bond acceptors (Lipinski definition) is 11. The van der Waals surface area contributed by atoms with Gasteiger partial charge in [0, 0.05) is 37.4 Å². The Morgan fingerprint density at radius 1 is 0.811 bits per heavy atom. The number of rotatable bonds is 8. The highest BCUT2D eigenvalue weighted by atomic mass is 16.7. The van der Waals surface area contributed by atoms with Gasteiger partial charge in [-0.25, -0.2) is 0 Å². The predicted molar refractivity (Wildman–Crippen MR) is 138 cm³/mol. The third kappa shape index (κ3) is 6.65. The van der Waals surface area contributed by atoms with E-state index in [9.17, 15) is 20.4 Å². The van der Waals surface area contributed by atoms with Gasteiger partial charge in [-0.3, -0.25) is 4.90 Å². The minimum Gasteiger partial charge on any atom is -0.399 e. The fourth-order valence-corrected chi connectivity index (χ4v) is 5.08. The smallest absolute Gasteiger partial charge is 0.176 e. The molecule has 11 heteroatoms. The second-order valence-electron chi connectivity index (χ2n) is 10.1. The summed E-state index contributed by atoms with van der Waals surface area (Å²) in [4.78, 5) is 2.07. The maximum atomic E-state index is 10.8. The molecule has 1 heterocycles. The van der Waals surface area contributed by atoms with Crippen molar-refractivity contribution < 1.29 is 29.9 Å². The highest BCUT2D eigenvalue weighted by molar-refractivity contribution is 5.40. The summed E-state index contributed by atoms with van der Waals surface area (Å²) >= 11 is 0. The zero-order valence-electron chi connectivity index (χ0n) is 20.7. The molecule has 2 fully saturated rings. The lowest BCUT2D eigenvalue weighted by molar-refractivity contribution is -0.291. The molecule has 37 heavy (non-hydrogen) atoms. The number of benzene rings is 2. The first kappa shape index (κ1) is 27.9. The van der Waals surface area contributed by atoms with Crippen LogP contribution in [-0.4, -0.2) is 92.9 Å². The third-order valence-corrected chi connectivity index (χ3v) is 7.18. The minimum atomic E-state index is -1.35. The molecule has 11 nitrogen and oxygen atoms in total. The zero-order chi connectivity index (χ0) is 26.7. The van der Waals surface area contributed by atoms with Gasteiger partial charge in [0.05, 0.1) is 12.1 Å². The maximum absolute atomic E-state index is 10.8. The van der Waals surface area contributed by atoms with E-state index < -0.39 is 61.0 Å². The maximum Gasteiger partial charge on any atom is 0.176 e. The van der Waals surface area contributed by atoms with Gasteiger partial charge in [-0.05, 0) is 29.7 Å². The Balaban J connectivity index is 1.51. The van der Waals surface area contributed by atoms with Crippen LogP contribution in [0.1, 0.15) is 17.5 Å². The van der Waals surface area contributed by atoms with Crippen molar-refractivity contribution in [2.45, 2.75) is 80.5 Å². The molecule has 0 amide bonds.